The molecule has 2 heterocycles. The normalized spacial score (nSPS) is 15.6. The van der Waals surface area contributed by atoms with Crippen LogP contribution in [0.15, 0.2) is 66.2 Å². The molecule has 0 bridgehead atoms. The summed E-state index contributed by atoms with van der Waals surface area (Å²) >= 11 is 0. The number of likely N-dealkylation sites (tertiary alicyclic amines) is 1. The van der Waals surface area contributed by atoms with Crippen LogP contribution in [0.4, 0.5) is 0 Å². The van der Waals surface area contributed by atoms with E-state index in [0.717, 1.165) is 25.5 Å². The summed E-state index contributed by atoms with van der Waals surface area (Å²) in [6.07, 6.45) is 4.76. The number of halogens is 1. The monoisotopic (exact) mass is 573 g/mol. The first-order valence-corrected chi connectivity index (χ1v) is 11.4. The average Bonchev–Trinajstić information content (AvgIpc) is 3.54. The summed E-state index contributed by atoms with van der Waals surface area (Å²) in [5.74, 6) is 0.965. The number of amides is 1. The van der Waals surface area contributed by atoms with E-state index >= 15 is 0 Å². The number of benzene rings is 2. The van der Waals surface area contributed by atoms with Gasteiger partial charge in [0, 0.05) is 39.1 Å². The summed E-state index contributed by atoms with van der Waals surface area (Å²) in [4.78, 5) is 22.2. The molecule has 1 atom stereocenters. The second-order valence-electron chi connectivity index (χ2n) is 8.20. The third-order valence-corrected chi connectivity index (χ3v) is 5.95. The summed E-state index contributed by atoms with van der Waals surface area (Å²) < 4.78 is 1.81. The summed E-state index contributed by atoms with van der Waals surface area (Å²) in [7, 11) is 1.78. The van der Waals surface area contributed by atoms with Crippen molar-refractivity contribution in [1.82, 2.24) is 30.3 Å². The lowest BCUT2D eigenvalue weighted by Crippen LogP contribution is -2.44. The van der Waals surface area contributed by atoms with Crippen molar-refractivity contribution in [3.05, 3.63) is 72.3 Å². The summed E-state index contributed by atoms with van der Waals surface area (Å²) in [6.45, 7) is 4.79. The summed E-state index contributed by atoms with van der Waals surface area (Å²) in [5, 5.41) is 11.1. The number of hydrogen-bond acceptors (Lipinski definition) is 4. The standard InChI is InChI=1S/C25H31N7O.HI/c1-3-24(33)31-13-12-22(16-31)30-25(26-2)28-14-21-6-4-5-7-23(21)20-10-8-19(9-11-20)15-32-18-27-17-29-32;/h4-11,17-18,22H,3,12-16H2,1-2H3,(H2,26,28,30);1H. The zero-order valence-electron chi connectivity index (χ0n) is 19.6. The number of aliphatic imine (C=N–C) groups is 1. The van der Waals surface area contributed by atoms with Crippen molar-refractivity contribution in [3.63, 3.8) is 0 Å². The molecule has 0 radical (unpaired) electrons. The second-order valence-corrected chi connectivity index (χ2v) is 8.20. The van der Waals surface area contributed by atoms with Gasteiger partial charge in [0.2, 0.25) is 5.91 Å². The summed E-state index contributed by atoms with van der Waals surface area (Å²) in [6, 6.07) is 17.2. The largest absolute Gasteiger partial charge is 0.352 e. The van der Waals surface area contributed by atoms with E-state index in [-0.39, 0.29) is 35.9 Å². The van der Waals surface area contributed by atoms with Gasteiger partial charge < -0.3 is 15.5 Å². The van der Waals surface area contributed by atoms with Crippen molar-refractivity contribution in [3.8, 4) is 11.1 Å². The molecular formula is C25H32IN7O. The SMILES string of the molecule is CCC(=O)N1CCC(NC(=NC)NCc2ccccc2-c2ccc(Cn3cncn3)cc2)C1.I. The van der Waals surface area contributed by atoms with E-state index in [0.29, 0.717) is 19.5 Å². The van der Waals surface area contributed by atoms with Crippen LogP contribution in [0.1, 0.15) is 30.9 Å². The van der Waals surface area contributed by atoms with Crippen LogP contribution in [-0.2, 0) is 17.9 Å². The van der Waals surface area contributed by atoms with Crippen molar-refractivity contribution < 1.29 is 4.79 Å². The van der Waals surface area contributed by atoms with Crippen LogP contribution in [0, 0.1) is 0 Å². The van der Waals surface area contributed by atoms with E-state index in [2.05, 4.69) is 74.2 Å². The zero-order valence-corrected chi connectivity index (χ0v) is 22.0. The van der Waals surface area contributed by atoms with Gasteiger partial charge in [0.25, 0.3) is 0 Å². The first-order chi connectivity index (χ1) is 16.2. The molecule has 0 spiro atoms. The van der Waals surface area contributed by atoms with Crippen LogP contribution >= 0.6 is 24.0 Å². The number of nitrogens with one attached hydrogen (secondary N) is 2. The molecule has 180 valence electrons. The van der Waals surface area contributed by atoms with Gasteiger partial charge in [0.15, 0.2) is 5.96 Å². The van der Waals surface area contributed by atoms with Gasteiger partial charge in [-0.1, -0.05) is 55.5 Å². The maximum absolute atomic E-state index is 11.9. The molecule has 9 heteroatoms. The van der Waals surface area contributed by atoms with Crippen LogP contribution in [-0.4, -0.2) is 57.7 Å². The first kappa shape index (κ1) is 25.7. The van der Waals surface area contributed by atoms with Gasteiger partial charge in [0.05, 0.1) is 6.54 Å². The lowest BCUT2D eigenvalue weighted by Gasteiger charge is -2.19. The highest BCUT2D eigenvalue weighted by atomic mass is 127. The molecule has 1 fully saturated rings. The Morgan fingerprint density at radius 3 is 2.68 bits per heavy atom. The number of guanidine groups is 1. The highest BCUT2D eigenvalue weighted by molar-refractivity contribution is 14.0. The molecule has 8 nitrogen and oxygen atoms in total. The Balaban J connectivity index is 0.00000324. The number of aromatic nitrogens is 3. The lowest BCUT2D eigenvalue weighted by molar-refractivity contribution is -0.129. The van der Waals surface area contributed by atoms with Crippen molar-refractivity contribution >= 4 is 35.8 Å². The smallest absolute Gasteiger partial charge is 0.222 e. The fourth-order valence-corrected chi connectivity index (χ4v) is 4.14. The van der Waals surface area contributed by atoms with Crippen LogP contribution in [0.2, 0.25) is 0 Å². The first-order valence-electron chi connectivity index (χ1n) is 11.4. The predicted molar refractivity (Wildman–Crippen MR) is 145 cm³/mol. The molecule has 0 aliphatic carbocycles. The van der Waals surface area contributed by atoms with Crippen LogP contribution in [0.25, 0.3) is 11.1 Å². The molecule has 2 N–H and O–H groups in total. The van der Waals surface area contributed by atoms with E-state index < -0.39 is 0 Å². The second kappa shape index (κ2) is 12.5. The van der Waals surface area contributed by atoms with E-state index in [1.54, 1.807) is 19.7 Å². The lowest BCUT2D eigenvalue weighted by atomic mass is 9.98. The maximum atomic E-state index is 11.9. The third kappa shape index (κ3) is 6.55. The number of hydrogen-bond donors (Lipinski definition) is 2. The number of carbonyl (C=O) groups is 1. The molecule has 3 aromatic rings. The van der Waals surface area contributed by atoms with E-state index in [9.17, 15) is 4.79 Å². The quantitative estimate of drug-likeness (QED) is 0.258. The highest BCUT2D eigenvalue weighted by Crippen LogP contribution is 2.24. The van der Waals surface area contributed by atoms with E-state index in [1.165, 1.54) is 22.3 Å². The average molecular weight is 573 g/mol. The Labute approximate surface area is 217 Å². The van der Waals surface area contributed by atoms with Crippen LogP contribution in [0.3, 0.4) is 0 Å². The molecule has 1 amide bonds. The Morgan fingerprint density at radius 1 is 1.18 bits per heavy atom. The summed E-state index contributed by atoms with van der Waals surface area (Å²) in [5.41, 5.74) is 4.73. The van der Waals surface area contributed by atoms with Crippen LogP contribution < -0.4 is 10.6 Å². The minimum atomic E-state index is 0. The fourth-order valence-electron chi connectivity index (χ4n) is 4.14. The van der Waals surface area contributed by atoms with Gasteiger partial charge in [0.1, 0.15) is 12.7 Å². The molecule has 1 aliphatic heterocycles. The topological polar surface area (TPSA) is 87.4 Å². The molecule has 4 rings (SSSR count). The Hall–Kier alpha value is -2.95. The Kier molecular flexibility index (Phi) is 9.43. The number of nitrogens with zero attached hydrogens (tertiary/aromatic N) is 5. The molecular weight excluding hydrogens is 541 g/mol. The maximum Gasteiger partial charge on any atom is 0.222 e. The minimum absolute atomic E-state index is 0. The molecule has 1 aromatic heterocycles. The minimum Gasteiger partial charge on any atom is -0.352 e. The Bertz CT molecular complexity index is 1080. The van der Waals surface area contributed by atoms with Gasteiger partial charge in [-0.05, 0) is 28.7 Å². The molecule has 0 saturated carbocycles. The molecule has 1 unspecified atom stereocenters. The molecule has 2 aromatic carbocycles. The highest BCUT2D eigenvalue weighted by Gasteiger charge is 2.25. The molecule has 1 saturated heterocycles. The van der Waals surface area contributed by atoms with Gasteiger partial charge in [-0.2, -0.15) is 5.10 Å². The fraction of sp³-hybridized carbons (Fsp3) is 0.360. The van der Waals surface area contributed by atoms with Gasteiger partial charge >= 0.3 is 0 Å². The van der Waals surface area contributed by atoms with Crippen molar-refractivity contribution in [2.45, 2.75) is 38.9 Å². The zero-order chi connectivity index (χ0) is 23.0. The van der Waals surface area contributed by atoms with Crippen molar-refractivity contribution in [2.24, 2.45) is 4.99 Å². The number of carbonyl (C=O) groups excluding carboxylic acids is 1. The van der Waals surface area contributed by atoms with Gasteiger partial charge in [-0.25, -0.2) is 9.67 Å². The van der Waals surface area contributed by atoms with Crippen molar-refractivity contribution in [1.29, 1.82) is 0 Å². The number of rotatable bonds is 7. The Morgan fingerprint density at radius 2 is 1.97 bits per heavy atom. The molecule has 1 aliphatic rings. The van der Waals surface area contributed by atoms with Gasteiger partial charge in [-0.3, -0.25) is 9.79 Å². The third-order valence-electron chi connectivity index (χ3n) is 5.95. The van der Waals surface area contributed by atoms with E-state index in [1.807, 2.05) is 16.5 Å². The van der Waals surface area contributed by atoms with Crippen LogP contribution in [0.5, 0.6) is 0 Å². The predicted octanol–water partition coefficient (Wildman–Crippen LogP) is 3.29. The van der Waals surface area contributed by atoms with Crippen molar-refractivity contribution in [2.75, 3.05) is 20.1 Å². The van der Waals surface area contributed by atoms with Gasteiger partial charge in [-0.15, -0.1) is 24.0 Å². The van der Waals surface area contributed by atoms with E-state index in [4.69, 9.17) is 0 Å². The molecule has 34 heavy (non-hydrogen) atoms.